The second kappa shape index (κ2) is 4.11. The van der Waals surface area contributed by atoms with Crippen LogP contribution in [0.3, 0.4) is 0 Å². The lowest BCUT2D eigenvalue weighted by Crippen LogP contribution is -2.41. The number of amides is 1. The average molecular weight is 223 g/mol. The van der Waals surface area contributed by atoms with Crippen LogP contribution in [-0.2, 0) is 4.74 Å². The number of hydrogen-bond donors (Lipinski definition) is 0. The van der Waals surface area contributed by atoms with Gasteiger partial charge in [-0.05, 0) is 46.0 Å². The largest absolute Gasteiger partial charge is 0.444 e. The van der Waals surface area contributed by atoms with Crippen molar-refractivity contribution < 1.29 is 9.53 Å². The second-order valence-corrected chi connectivity index (χ2v) is 5.72. The minimum atomic E-state index is -0.395. The van der Waals surface area contributed by atoms with Crippen molar-refractivity contribution in [2.24, 2.45) is 5.92 Å². The van der Waals surface area contributed by atoms with Crippen LogP contribution < -0.4 is 0 Å². The minimum absolute atomic E-state index is 0.161. The van der Waals surface area contributed by atoms with Gasteiger partial charge in [-0.15, -0.1) is 0 Å². The zero-order chi connectivity index (χ0) is 11.8. The molecular weight excluding hydrogens is 202 g/mol. The van der Waals surface area contributed by atoms with Gasteiger partial charge in [0.05, 0.1) is 6.04 Å². The normalized spacial score (nSPS) is 29.1. The van der Waals surface area contributed by atoms with Gasteiger partial charge in [0, 0.05) is 6.54 Å². The highest BCUT2D eigenvalue weighted by Crippen LogP contribution is 2.33. The van der Waals surface area contributed by atoms with Crippen molar-refractivity contribution in [2.45, 2.75) is 51.7 Å². The van der Waals surface area contributed by atoms with E-state index in [1.165, 1.54) is 6.42 Å². The number of nitrogens with zero attached hydrogens (tertiary/aromatic N) is 1. The molecule has 1 aliphatic carbocycles. The number of carbonyl (C=O) groups excluding carboxylic acids is 1. The summed E-state index contributed by atoms with van der Waals surface area (Å²) in [5, 5.41) is 0. The first-order chi connectivity index (χ1) is 7.47. The van der Waals surface area contributed by atoms with Crippen LogP contribution in [0.2, 0.25) is 0 Å². The van der Waals surface area contributed by atoms with Gasteiger partial charge in [-0.3, -0.25) is 0 Å². The van der Waals surface area contributed by atoms with Crippen LogP contribution in [0.15, 0.2) is 12.2 Å². The van der Waals surface area contributed by atoms with E-state index in [2.05, 4.69) is 12.2 Å². The molecule has 0 bridgehead atoms. The fraction of sp³-hybridized carbons (Fsp3) is 0.769. The highest BCUT2D eigenvalue weighted by molar-refractivity contribution is 5.69. The molecule has 1 fully saturated rings. The lowest BCUT2D eigenvalue weighted by Gasteiger charge is -2.30. The first-order valence-corrected chi connectivity index (χ1v) is 6.14. The van der Waals surface area contributed by atoms with Crippen LogP contribution >= 0.6 is 0 Å². The predicted molar refractivity (Wildman–Crippen MR) is 63.2 cm³/mol. The molecular formula is C13H21NO2. The quantitative estimate of drug-likeness (QED) is 0.591. The zero-order valence-electron chi connectivity index (χ0n) is 10.4. The van der Waals surface area contributed by atoms with Gasteiger partial charge in [0.2, 0.25) is 0 Å². The van der Waals surface area contributed by atoms with Gasteiger partial charge in [-0.1, -0.05) is 12.2 Å². The van der Waals surface area contributed by atoms with Crippen LogP contribution in [0.4, 0.5) is 4.79 Å². The standard InChI is InChI=1S/C13H21NO2/c1-13(2,3)16-12(15)14-9-8-10-6-4-5-7-11(10)14/h5,7,10-11H,4,6,8-9H2,1-3H3/t10-,11-/m1/s1. The third-order valence-electron chi connectivity index (χ3n) is 3.25. The Morgan fingerprint density at radius 3 is 2.81 bits per heavy atom. The van der Waals surface area contributed by atoms with Gasteiger partial charge in [-0.2, -0.15) is 0 Å². The summed E-state index contributed by atoms with van der Waals surface area (Å²) in [5.41, 5.74) is -0.395. The Bertz CT molecular complexity index is 304. The lowest BCUT2D eigenvalue weighted by molar-refractivity contribution is 0.0239. The molecule has 3 heteroatoms. The summed E-state index contributed by atoms with van der Waals surface area (Å²) >= 11 is 0. The van der Waals surface area contributed by atoms with Crippen molar-refractivity contribution in [3.8, 4) is 0 Å². The highest BCUT2D eigenvalue weighted by Gasteiger charge is 2.38. The molecule has 1 heterocycles. The fourth-order valence-electron chi connectivity index (χ4n) is 2.53. The van der Waals surface area contributed by atoms with Crippen molar-refractivity contribution in [2.75, 3.05) is 6.54 Å². The summed E-state index contributed by atoms with van der Waals surface area (Å²) in [7, 11) is 0. The molecule has 1 saturated heterocycles. The third kappa shape index (κ3) is 2.39. The Kier molecular flexibility index (Phi) is 2.96. The molecule has 0 aromatic carbocycles. The van der Waals surface area contributed by atoms with E-state index in [4.69, 9.17) is 4.74 Å². The molecule has 0 saturated carbocycles. The van der Waals surface area contributed by atoms with Gasteiger partial charge < -0.3 is 9.64 Å². The molecule has 1 aliphatic heterocycles. The van der Waals surface area contributed by atoms with E-state index < -0.39 is 5.60 Å². The first kappa shape index (κ1) is 11.5. The van der Waals surface area contributed by atoms with Crippen molar-refractivity contribution in [1.82, 2.24) is 4.90 Å². The average Bonchev–Trinajstić information content (AvgIpc) is 2.58. The summed E-state index contributed by atoms with van der Waals surface area (Å²) in [6, 6.07) is 0.281. The number of likely N-dealkylation sites (tertiary alicyclic amines) is 1. The molecule has 90 valence electrons. The molecule has 0 aromatic heterocycles. The molecule has 0 N–H and O–H groups in total. The van der Waals surface area contributed by atoms with Crippen LogP contribution in [0.25, 0.3) is 0 Å². The molecule has 2 aliphatic rings. The molecule has 1 amide bonds. The summed E-state index contributed by atoms with van der Waals surface area (Å²) in [6.45, 7) is 6.58. The van der Waals surface area contributed by atoms with Gasteiger partial charge in [0.15, 0.2) is 0 Å². The maximum absolute atomic E-state index is 12.0. The SMILES string of the molecule is CC(C)(C)OC(=O)N1CC[C@H]2CCC=C[C@H]21. The monoisotopic (exact) mass is 223 g/mol. The van der Waals surface area contributed by atoms with Gasteiger partial charge in [-0.25, -0.2) is 4.79 Å². The van der Waals surface area contributed by atoms with Gasteiger partial charge in [0.25, 0.3) is 0 Å². The number of hydrogen-bond acceptors (Lipinski definition) is 2. The maximum atomic E-state index is 12.0. The maximum Gasteiger partial charge on any atom is 0.410 e. The summed E-state index contributed by atoms with van der Waals surface area (Å²) < 4.78 is 5.42. The minimum Gasteiger partial charge on any atom is -0.444 e. The highest BCUT2D eigenvalue weighted by atomic mass is 16.6. The Balaban J connectivity index is 2.02. The molecule has 2 rings (SSSR count). The van der Waals surface area contributed by atoms with Gasteiger partial charge in [0.1, 0.15) is 5.60 Å². The lowest BCUT2D eigenvalue weighted by atomic mass is 9.90. The Hall–Kier alpha value is -0.990. The van der Waals surface area contributed by atoms with E-state index in [0.717, 1.165) is 19.4 Å². The third-order valence-corrected chi connectivity index (χ3v) is 3.25. The van der Waals surface area contributed by atoms with Crippen molar-refractivity contribution in [3.63, 3.8) is 0 Å². The molecule has 0 unspecified atom stereocenters. The van der Waals surface area contributed by atoms with E-state index in [0.29, 0.717) is 5.92 Å². The Morgan fingerprint density at radius 1 is 1.38 bits per heavy atom. The molecule has 0 radical (unpaired) electrons. The predicted octanol–water partition coefficient (Wildman–Crippen LogP) is 2.96. The Labute approximate surface area is 97.5 Å². The van der Waals surface area contributed by atoms with E-state index in [1.54, 1.807) is 0 Å². The zero-order valence-corrected chi connectivity index (χ0v) is 10.4. The first-order valence-electron chi connectivity index (χ1n) is 6.14. The summed E-state index contributed by atoms with van der Waals surface area (Å²) in [6.07, 6.45) is 7.68. The summed E-state index contributed by atoms with van der Waals surface area (Å²) in [4.78, 5) is 13.9. The van der Waals surface area contributed by atoms with E-state index in [-0.39, 0.29) is 12.1 Å². The van der Waals surface area contributed by atoms with Crippen molar-refractivity contribution in [3.05, 3.63) is 12.2 Å². The molecule has 16 heavy (non-hydrogen) atoms. The molecule has 2 atom stereocenters. The van der Waals surface area contributed by atoms with Crippen LogP contribution in [0.5, 0.6) is 0 Å². The smallest absolute Gasteiger partial charge is 0.410 e. The van der Waals surface area contributed by atoms with Gasteiger partial charge >= 0.3 is 6.09 Å². The topological polar surface area (TPSA) is 29.5 Å². The number of allylic oxidation sites excluding steroid dienone is 1. The van der Waals surface area contributed by atoms with E-state index >= 15 is 0 Å². The van der Waals surface area contributed by atoms with Crippen LogP contribution in [-0.4, -0.2) is 29.2 Å². The van der Waals surface area contributed by atoms with Crippen molar-refractivity contribution >= 4 is 6.09 Å². The fourth-order valence-corrected chi connectivity index (χ4v) is 2.53. The van der Waals surface area contributed by atoms with E-state index in [9.17, 15) is 4.79 Å². The number of ether oxygens (including phenoxy) is 1. The van der Waals surface area contributed by atoms with Crippen LogP contribution in [0.1, 0.15) is 40.0 Å². The van der Waals surface area contributed by atoms with E-state index in [1.807, 2.05) is 25.7 Å². The molecule has 0 spiro atoms. The number of fused-ring (bicyclic) bond motifs is 1. The second-order valence-electron chi connectivity index (χ2n) is 5.72. The number of carbonyl (C=O) groups is 1. The van der Waals surface area contributed by atoms with Crippen LogP contribution in [0, 0.1) is 5.92 Å². The number of rotatable bonds is 0. The molecule has 0 aromatic rings. The summed E-state index contributed by atoms with van der Waals surface area (Å²) in [5.74, 6) is 0.650. The van der Waals surface area contributed by atoms with Crippen molar-refractivity contribution in [1.29, 1.82) is 0 Å². The Morgan fingerprint density at radius 2 is 2.12 bits per heavy atom. The molecule has 3 nitrogen and oxygen atoms in total.